The number of hydrogen-bond acceptors (Lipinski definition) is 6. The smallest absolute Gasteiger partial charge is 0.374 e. The van der Waals surface area contributed by atoms with Crippen LogP contribution in [0.2, 0.25) is 0 Å². The van der Waals surface area contributed by atoms with Crippen molar-refractivity contribution in [1.82, 2.24) is 0 Å². The molecule has 0 radical (unpaired) electrons. The van der Waals surface area contributed by atoms with Crippen LogP contribution in [0.4, 0.5) is 5.69 Å². The van der Waals surface area contributed by atoms with Gasteiger partial charge >= 0.3 is 11.7 Å². The molecule has 0 bridgehead atoms. The van der Waals surface area contributed by atoms with E-state index in [0.717, 1.165) is 0 Å². The number of nitro groups is 1. The highest BCUT2D eigenvalue weighted by Gasteiger charge is 2.18. The second-order valence-corrected chi connectivity index (χ2v) is 4.03. The van der Waals surface area contributed by atoms with E-state index in [1.54, 1.807) is 19.1 Å². The zero-order chi connectivity index (χ0) is 15.4. The Balaban J connectivity index is 2.36. The van der Waals surface area contributed by atoms with Crippen molar-refractivity contribution in [1.29, 1.82) is 0 Å². The van der Waals surface area contributed by atoms with Gasteiger partial charge in [0.1, 0.15) is 5.76 Å². The van der Waals surface area contributed by atoms with Gasteiger partial charge in [0.05, 0.1) is 18.6 Å². The van der Waals surface area contributed by atoms with Crippen LogP contribution in [0.1, 0.15) is 17.5 Å². The van der Waals surface area contributed by atoms with E-state index in [1.165, 1.54) is 25.3 Å². The number of nitrogens with zero attached hydrogens (tertiary/aromatic N) is 1. The van der Waals surface area contributed by atoms with E-state index in [-0.39, 0.29) is 23.8 Å². The zero-order valence-corrected chi connectivity index (χ0v) is 11.5. The monoisotopic (exact) mass is 291 g/mol. The van der Waals surface area contributed by atoms with Gasteiger partial charge in [0, 0.05) is 11.6 Å². The predicted molar refractivity (Wildman–Crippen MR) is 73.3 cm³/mol. The van der Waals surface area contributed by atoms with Crippen LogP contribution in [0.25, 0.3) is 11.3 Å². The number of benzene rings is 1. The summed E-state index contributed by atoms with van der Waals surface area (Å²) in [6, 6.07) is 7.42. The first-order valence-corrected chi connectivity index (χ1v) is 6.16. The molecule has 0 spiro atoms. The van der Waals surface area contributed by atoms with Gasteiger partial charge in [-0.05, 0) is 31.2 Å². The van der Waals surface area contributed by atoms with Gasteiger partial charge in [-0.3, -0.25) is 10.1 Å². The number of rotatable bonds is 5. The average molecular weight is 291 g/mol. The molecule has 7 nitrogen and oxygen atoms in total. The standard InChI is InChI=1S/C14H13NO6/c1-3-20-14(16)13-7-6-11(21-13)9-4-5-12(19-2)10(8-9)15(17)18/h4-8H,3H2,1-2H3. The lowest BCUT2D eigenvalue weighted by Gasteiger charge is -2.03. The maximum Gasteiger partial charge on any atom is 0.374 e. The van der Waals surface area contributed by atoms with Gasteiger partial charge in [-0.1, -0.05) is 0 Å². The predicted octanol–water partition coefficient (Wildman–Crippen LogP) is 3.04. The highest BCUT2D eigenvalue weighted by atomic mass is 16.6. The van der Waals surface area contributed by atoms with Crippen molar-refractivity contribution < 1.29 is 23.6 Å². The first kappa shape index (κ1) is 14.6. The van der Waals surface area contributed by atoms with Crippen LogP contribution in [0, 0.1) is 10.1 Å². The fourth-order valence-corrected chi connectivity index (χ4v) is 1.79. The fourth-order valence-electron chi connectivity index (χ4n) is 1.79. The summed E-state index contributed by atoms with van der Waals surface area (Å²) in [5, 5.41) is 11.0. The third-order valence-corrected chi connectivity index (χ3v) is 2.74. The molecule has 0 N–H and O–H groups in total. The summed E-state index contributed by atoms with van der Waals surface area (Å²) in [7, 11) is 1.35. The molecule has 1 aromatic carbocycles. The second kappa shape index (κ2) is 6.08. The van der Waals surface area contributed by atoms with Crippen molar-refractivity contribution in [3.8, 4) is 17.1 Å². The minimum atomic E-state index is -0.577. The van der Waals surface area contributed by atoms with E-state index < -0.39 is 10.9 Å². The van der Waals surface area contributed by atoms with E-state index in [1.807, 2.05) is 0 Å². The summed E-state index contributed by atoms with van der Waals surface area (Å²) in [5.41, 5.74) is 0.294. The molecular weight excluding hydrogens is 278 g/mol. The number of carbonyl (C=O) groups is 1. The third kappa shape index (κ3) is 3.02. The molecule has 0 unspecified atom stereocenters. The third-order valence-electron chi connectivity index (χ3n) is 2.74. The normalized spacial score (nSPS) is 10.2. The van der Waals surface area contributed by atoms with Crippen molar-refractivity contribution in [3.05, 3.63) is 46.2 Å². The maximum atomic E-state index is 11.5. The molecule has 1 heterocycles. The molecule has 0 aliphatic rings. The van der Waals surface area contributed by atoms with E-state index in [9.17, 15) is 14.9 Å². The van der Waals surface area contributed by atoms with Crippen molar-refractivity contribution >= 4 is 11.7 Å². The summed E-state index contributed by atoms with van der Waals surface area (Å²) in [5.74, 6) is -0.0400. The topological polar surface area (TPSA) is 91.8 Å². The Morgan fingerprint density at radius 3 is 2.71 bits per heavy atom. The Hall–Kier alpha value is -2.83. The second-order valence-electron chi connectivity index (χ2n) is 4.03. The number of ether oxygens (including phenoxy) is 2. The summed E-state index contributed by atoms with van der Waals surface area (Å²) in [6.07, 6.45) is 0. The maximum absolute atomic E-state index is 11.5. The molecule has 0 amide bonds. The lowest BCUT2D eigenvalue weighted by Crippen LogP contribution is -2.02. The molecular formula is C14H13NO6. The molecule has 0 atom stereocenters. The van der Waals surface area contributed by atoms with E-state index in [0.29, 0.717) is 11.3 Å². The number of esters is 1. The Morgan fingerprint density at radius 2 is 2.10 bits per heavy atom. The summed E-state index contributed by atoms with van der Waals surface area (Å²) < 4.78 is 15.1. The lowest BCUT2D eigenvalue weighted by molar-refractivity contribution is -0.385. The Labute approximate surface area is 120 Å². The average Bonchev–Trinajstić information content (AvgIpc) is 2.96. The van der Waals surface area contributed by atoms with E-state index in [4.69, 9.17) is 13.9 Å². The fraction of sp³-hybridized carbons (Fsp3) is 0.214. The highest BCUT2D eigenvalue weighted by Crippen LogP contribution is 2.32. The van der Waals surface area contributed by atoms with Crippen LogP contribution >= 0.6 is 0 Å². The van der Waals surface area contributed by atoms with E-state index in [2.05, 4.69) is 0 Å². The lowest BCUT2D eigenvalue weighted by atomic mass is 10.1. The Bertz CT molecular complexity index is 676. The molecule has 0 aliphatic carbocycles. The van der Waals surface area contributed by atoms with Gasteiger partial charge in [0.2, 0.25) is 5.76 Å². The summed E-state index contributed by atoms with van der Waals surface area (Å²) in [6.45, 7) is 1.93. The van der Waals surface area contributed by atoms with Crippen LogP contribution in [0.5, 0.6) is 5.75 Å². The molecule has 0 fully saturated rings. The molecule has 110 valence electrons. The SMILES string of the molecule is CCOC(=O)c1ccc(-c2ccc(OC)c([N+](=O)[O-])c2)o1. The first-order valence-electron chi connectivity index (χ1n) is 6.16. The van der Waals surface area contributed by atoms with Crippen LogP contribution in [-0.2, 0) is 4.74 Å². The molecule has 7 heteroatoms. The van der Waals surface area contributed by atoms with Gasteiger partial charge < -0.3 is 13.9 Å². The van der Waals surface area contributed by atoms with Crippen LogP contribution in [0.3, 0.4) is 0 Å². The van der Waals surface area contributed by atoms with Crippen molar-refractivity contribution in [2.24, 2.45) is 0 Å². The van der Waals surface area contributed by atoms with Crippen molar-refractivity contribution in [3.63, 3.8) is 0 Å². The van der Waals surface area contributed by atoms with E-state index >= 15 is 0 Å². The minimum absolute atomic E-state index is 0.0466. The molecule has 21 heavy (non-hydrogen) atoms. The highest BCUT2D eigenvalue weighted by molar-refractivity contribution is 5.87. The Morgan fingerprint density at radius 1 is 1.33 bits per heavy atom. The first-order chi connectivity index (χ1) is 10.1. The van der Waals surface area contributed by atoms with Gasteiger partial charge in [-0.15, -0.1) is 0 Å². The van der Waals surface area contributed by atoms with Crippen LogP contribution in [-0.4, -0.2) is 24.6 Å². The molecule has 2 aromatic rings. The number of nitro benzene ring substituents is 1. The molecule has 0 saturated heterocycles. The van der Waals surface area contributed by atoms with Crippen molar-refractivity contribution in [2.45, 2.75) is 6.92 Å². The van der Waals surface area contributed by atoms with Crippen molar-refractivity contribution in [2.75, 3.05) is 13.7 Å². The zero-order valence-electron chi connectivity index (χ0n) is 11.5. The molecule has 0 saturated carbocycles. The Kier molecular flexibility index (Phi) is 4.22. The van der Waals surface area contributed by atoms with Gasteiger partial charge in [0.15, 0.2) is 5.75 Å². The van der Waals surface area contributed by atoms with Gasteiger partial charge in [-0.25, -0.2) is 4.79 Å². The number of furan rings is 1. The largest absolute Gasteiger partial charge is 0.490 e. The van der Waals surface area contributed by atoms with Gasteiger partial charge in [0.25, 0.3) is 0 Å². The molecule has 1 aromatic heterocycles. The van der Waals surface area contributed by atoms with Crippen LogP contribution < -0.4 is 4.74 Å². The van der Waals surface area contributed by atoms with Gasteiger partial charge in [-0.2, -0.15) is 0 Å². The number of hydrogen-bond donors (Lipinski definition) is 0. The molecule has 2 rings (SSSR count). The van der Waals surface area contributed by atoms with Crippen LogP contribution in [0.15, 0.2) is 34.7 Å². The summed E-state index contributed by atoms with van der Waals surface area (Å²) >= 11 is 0. The number of carbonyl (C=O) groups excluding carboxylic acids is 1. The summed E-state index contributed by atoms with van der Waals surface area (Å²) in [4.78, 5) is 22.0. The minimum Gasteiger partial charge on any atom is -0.490 e. The molecule has 0 aliphatic heterocycles. The number of methoxy groups -OCH3 is 1. The quantitative estimate of drug-likeness (QED) is 0.477.